The van der Waals surface area contributed by atoms with Gasteiger partial charge in [-0.2, -0.15) is 18.3 Å². The summed E-state index contributed by atoms with van der Waals surface area (Å²) in [6.45, 7) is 6.31. The van der Waals surface area contributed by atoms with Crippen molar-refractivity contribution in [2.45, 2.75) is 69.4 Å². The summed E-state index contributed by atoms with van der Waals surface area (Å²) in [7, 11) is 2.15. The van der Waals surface area contributed by atoms with Crippen LogP contribution in [0, 0.1) is 0 Å². The molecule has 192 valence electrons. The Morgan fingerprint density at radius 2 is 1.97 bits per heavy atom. The Labute approximate surface area is 204 Å². The van der Waals surface area contributed by atoms with Crippen LogP contribution in [0.1, 0.15) is 67.5 Å². The molecule has 2 aliphatic rings. The van der Waals surface area contributed by atoms with Crippen molar-refractivity contribution in [1.82, 2.24) is 25.3 Å². The number of hydrogen-bond donors (Lipinski definition) is 3. The molecule has 4 rings (SSSR count). The average Bonchev–Trinajstić information content (AvgIpc) is 3.41. The molecular weight excluding hydrogens is 457 g/mol. The second kappa shape index (κ2) is 10.2. The molecule has 3 heterocycles. The van der Waals surface area contributed by atoms with Gasteiger partial charge in [0, 0.05) is 24.5 Å². The highest BCUT2D eigenvalue weighted by Gasteiger charge is 2.47. The van der Waals surface area contributed by atoms with Crippen LogP contribution in [0.5, 0.6) is 0 Å². The molecule has 3 N–H and O–H groups in total. The first-order chi connectivity index (χ1) is 16.5. The largest absolute Gasteiger partial charge is 0.410 e. The third-order valence-corrected chi connectivity index (χ3v) is 7.03. The minimum Gasteiger partial charge on any atom is -0.363 e. The molecule has 10 heteroatoms. The maximum atomic E-state index is 13.9. The lowest BCUT2D eigenvalue weighted by Gasteiger charge is -2.34. The number of benzene rings is 1. The van der Waals surface area contributed by atoms with E-state index in [1.165, 1.54) is 19.0 Å². The number of likely N-dealkylation sites (tertiary alicyclic amines) is 1. The molecule has 1 unspecified atom stereocenters. The summed E-state index contributed by atoms with van der Waals surface area (Å²) in [5, 5.41) is 13.5. The molecule has 1 saturated heterocycles. The van der Waals surface area contributed by atoms with E-state index in [0.29, 0.717) is 12.6 Å². The molecule has 1 amide bonds. The number of hydrogen-bond acceptors (Lipinski definition) is 5. The van der Waals surface area contributed by atoms with Gasteiger partial charge in [0.05, 0.1) is 12.2 Å². The summed E-state index contributed by atoms with van der Waals surface area (Å²) >= 11 is 0. The van der Waals surface area contributed by atoms with Crippen LogP contribution in [0.3, 0.4) is 0 Å². The molecule has 7 nitrogen and oxygen atoms in total. The fourth-order valence-electron chi connectivity index (χ4n) is 5.07. The number of carbonyl (C=O) groups is 1. The van der Waals surface area contributed by atoms with Crippen molar-refractivity contribution in [2.75, 3.05) is 32.0 Å². The Morgan fingerprint density at radius 3 is 2.63 bits per heavy atom. The third-order valence-electron chi connectivity index (χ3n) is 7.03. The van der Waals surface area contributed by atoms with Crippen LogP contribution < -0.4 is 16.0 Å². The highest BCUT2D eigenvalue weighted by molar-refractivity contribution is 5.99. The number of aromatic nitrogens is 2. The van der Waals surface area contributed by atoms with Gasteiger partial charge in [0.15, 0.2) is 6.04 Å². The van der Waals surface area contributed by atoms with Gasteiger partial charge in [-0.3, -0.25) is 4.79 Å². The van der Waals surface area contributed by atoms with Gasteiger partial charge in [-0.25, -0.2) is 4.68 Å². The van der Waals surface area contributed by atoms with Crippen molar-refractivity contribution in [3.63, 3.8) is 0 Å². The van der Waals surface area contributed by atoms with E-state index in [-0.39, 0.29) is 17.8 Å². The summed E-state index contributed by atoms with van der Waals surface area (Å²) < 4.78 is 42.6. The van der Waals surface area contributed by atoms with Crippen LogP contribution in [0.4, 0.5) is 19.0 Å². The number of nitrogens with zero attached hydrogens (tertiary/aromatic N) is 3. The SMILES string of the molecule is CN1CCCC1CCNCC(C)(C)NC(=O)c1cnn2c1N[C@@H](c1ccccc1)C[C@H]2C(F)(F)F. The normalized spacial score (nSPS) is 23.1. The first-order valence-electron chi connectivity index (χ1n) is 12.2. The van der Waals surface area contributed by atoms with E-state index in [1.54, 1.807) is 24.3 Å². The van der Waals surface area contributed by atoms with Crippen molar-refractivity contribution < 1.29 is 18.0 Å². The molecular formula is C25H35F3N6O. The first kappa shape index (κ1) is 25.5. The van der Waals surface area contributed by atoms with Crippen molar-refractivity contribution in [3.8, 4) is 0 Å². The van der Waals surface area contributed by atoms with Gasteiger partial charge < -0.3 is 20.9 Å². The molecule has 2 aromatic rings. The van der Waals surface area contributed by atoms with Crippen LogP contribution in [-0.4, -0.2) is 65.0 Å². The third kappa shape index (κ3) is 5.98. The van der Waals surface area contributed by atoms with Crippen LogP contribution in [-0.2, 0) is 0 Å². The van der Waals surface area contributed by atoms with Crippen LogP contribution in [0.15, 0.2) is 36.5 Å². The maximum absolute atomic E-state index is 13.9. The fraction of sp³-hybridized carbons (Fsp3) is 0.600. The van der Waals surface area contributed by atoms with Crippen LogP contribution in [0.2, 0.25) is 0 Å². The summed E-state index contributed by atoms with van der Waals surface area (Å²) in [4.78, 5) is 15.5. The number of halogens is 3. The van der Waals surface area contributed by atoms with Crippen molar-refractivity contribution in [2.24, 2.45) is 0 Å². The molecule has 0 radical (unpaired) electrons. The number of carbonyl (C=O) groups excluding carboxylic acids is 1. The monoisotopic (exact) mass is 492 g/mol. The van der Waals surface area contributed by atoms with Crippen molar-refractivity contribution in [1.29, 1.82) is 0 Å². The Morgan fingerprint density at radius 1 is 1.23 bits per heavy atom. The molecule has 35 heavy (non-hydrogen) atoms. The lowest BCUT2D eigenvalue weighted by Crippen LogP contribution is -2.50. The van der Waals surface area contributed by atoms with E-state index in [4.69, 9.17) is 0 Å². The molecule has 0 spiro atoms. The zero-order chi connectivity index (χ0) is 25.2. The number of rotatable bonds is 8. The Kier molecular flexibility index (Phi) is 7.42. The standard InChI is InChI=1S/C25H35F3N6O/c1-24(2,16-29-12-11-18-10-7-13-33(18)3)32-23(35)19-15-30-34-21(25(26,27)28)14-20(31-22(19)34)17-8-5-4-6-9-17/h4-6,8-9,15,18,20-21,29,31H,7,10-14,16H2,1-3H3,(H,32,35)/t18?,20-,21+/m1/s1. The van der Waals surface area contributed by atoms with Gasteiger partial charge in [0.25, 0.3) is 5.91 Å². The molecule has 3 atom stereocenters. The van der Waals surface area contributed by atoms with Gasteiger partial charge in [-0.05, 0) is 58.8 Å². The average molecular weight is 493 g/mol. The van der Waals surface area contributed by atoms with Crippen molar-refractivity contribution in [3.05, 3.63) is 47.7 Å². The molecule has 2 aliphatic heterocycles. The molecule has 1 aromatic heterocycles. The fourth-order valence-corrected chi connectivity index (χ4v) is 5.07. The molecule has 0 aliphatic carbocycles. The molecule has 1 fully saturated rings. The second-order valence-corrected chi connectivity index (χ2v) is 10.3. The number of nitrogens with one attached hydrogen (secondary N) is 3. The van der Waals surface area contributed by atoms with Gasteiger partial charge in [-0.15, -0.1) is 0 Å². The highest BCUT2D eigenvalue weighted by Crippen LogP contribution is 2.44. The van der Waals surface area contributed by atoms with E-state index in [0.717, 1.165) is 29.8 Å². The lowest BCUT2D eigenvalue weighted by molar-refractivity contribution is -0.173. The minimum atomic E-state index is -4.49. The Hall–Kier alpha value is -2.59. The summed E-state index contributed by atoms with van der Waals surface area (Å²) in [5.41, 5.74) is 0.253. The zero-order valence-electron chi connectivity index (χ0n) is 20.5. The highest BCUT2D eigenvalue weighted by atomic mass is 19.4. The number of alkyl halides is 3. The van der Waals surface area contributed by atoms with Gasteiger partial charge >= 0.3 is 6.18 Å². The quantitative estimate of drug-likeness (QED) is 0.484. The second-order valence-electron chi connectivity index (χ2n) is 10.3. The molecule has 0 bridgehead atoms. The summed E-state index contributed by atoms with van der Waals surface area (Å²) in [6, 6.07) is 7.17. The van der Waals surface area contributed by atoms with E-state index in [9.17, 15) is 18.0 Å². The number of fused-ring (bicyclic) bond motifs is 1. The predicted octanol–water partition coefficient (Wildman–Crippen LogP) is 4.13. The van der Waals surface area contributed by atoms with Crippen LogP contribution in [0.25, 0.3) is 0 Å². The van der Waals surface area contributed by atoms with E-state index >= 15 is 0 Å². The lowest BCUT2D eigenvalue weighted by atomic mass is 9.96. The topological polar surface area (TPSA) is 74.2 Å². The van der Waals surface area contributed by atoms with Gasteiger partial charge in [0.1, 0.15) is 11.4 Å². The smallest absolute Gasteiger partial charge is 0.363 e. The van der Waals surface area contributed by atoms with Gasteiger partial charge in [0.2, 0.25) is 0 Å². The van der Waals surface area contributed by atoms with E-state index < -0.39 is 29.7 Å². The van der Waals surface area contributed by atoms with Crippen molar-refractivity contribution >= 4 is 11.7 Å². The Balaban J connectivity index is 1.43. The first-order valence-corrected chi connectivity index (χ1v) is 12.2. The molecule has 0 saturated carbocycles. The zero-order valence-corrected chi connectivity index (χ0v) is 20.5. The number of amides is 1. The maximum Gasteiger partial charge on any atom is 0.410 e. The molecule has 1 aromatic carbocycles. The van der Waals surface area contributed by atoms with E-state index in [2.05, 4.69) is 33.0 Å². The van der Waals surface area contributed by atoms with Gasteiger partial charge in [-0.1, -0.05) is 30.3 Å². The number of anilines is 1. The van der Waals surface area contributed by atoms with Crippen LogP contribution >= 0.6 is 0 Å². The summed E-state index contributed by atoms with van der Waals surface area (Å²) in [5.74, 6) is -0.353. The van der Waals surface area contributed by atoms with E-state index in [1.807, 2.05) is 19.9 Å². The predicted molar refractivity (Wildman–Crippen MR) is 129 cm³/mol. The Bertz CT molecular complexity index is 1010. The minimum absolute atomic E-state index is 0.0953. The summed E-state index contributed by atoms with van der Waals surface area (Å²) in [6.07, 6.45) is 0.0213.